The van der Waals surface area contributed by atoms with Crippen molar-refractivity contribution in [1.82, 2.24) is 0 Å². The number of carbonyl (C=O) groups is 2. The predicted molar refractivity (Wildman–Crippen MR) is 90.6 cm³/mol. The Kier molecular flexibility index (Phi) is 6.05. The fourth-order valence-electron chi connectivity index (χ4n) is 2.19. The number of benzene rings is 2. The first-order valence-corrected chi connectivity index (χ1v) is 7.56. The van der Waals surface area contributed by atoms with E-state index in [0.29, 0.717) is 23.4 Å². The van der Waals surface area contributed by atoms with Crippen molar-refractivity contribution in [1.29, 1.82) is 0 Å². The number of carbonyl (C=O) groups excluding carboxylic acids is 2. The van der Waals surface area contributed by atoms with E-state index in [-0.39, 0.29) is 12.3 Å². The summed E-state index contributed by atoms with van der Waals surface area (Å²) in [6.07, 6.45) is -0.0653. The van der Waals surface area contributed by atoms with Gasteiger partial charge in [0.15, 0.2) is 11.6 Å². The van der Waals surface area contributed by atoms with E-state index in [2.05, 4.69) is 10.1 Å². The second-order valence-electron chi connectivity index (χ2n) is 5.37. The van der Waals surface area contributed by atoms with Crippen molar-refractivity contribution >= 4 is 23.4 Å². The first-order valence-electron chi connectivity index (χ1n) is 7.56. The number of hydrogen-bond acceptors (Lipinski definition) is 3. The number of halogens is 2. The Balaban J connectivity index is 1.89. The van der Waals surface area contributed by atoms with Crippen LogP contribution < -0.4 is 10.2 Å². The fourth-order valence-corrected chi connectivity index (χ4v) is 2.19. The van der Waals surface area contributed by atoms with Crippen molar-refractivity contribution in [3.8, 4) is 0 Å². The standard InChI is InChI=1S/C18H18F2N2O3/c1-22(18(24)25-2)14-7-5-13(6-8-14)21-17(23)10-4-12-3-9-15(19)16(20)11-12/h3,5-9,11H,4,10H2,1-2H3,(H,21,23). The van der Waals surface area contributed by atoms with Crippen molar-refractivity contribution in [2.45, 2.75) is 12.8 Å². The molecule has 7 heteroatoms. The highest BCUT2D eigenvalue weighted by Crippen LogP contribution is 2.18. The molecule has 0 saturated heterocycles. The summed E-state index contributed by atoms with van der Waals surface area (Å²) in [5.74, 6) is -2.09. The van der Waals surface area contributed by atoms with E-state index in [4.69, 9.17) is 0 Å². The minimum Gasteiger partial charge on any atom is -0.452 e. The minimum absolute atomic E-state index is 0.134. The van der Waals surface area contributed by atoms with E-state index >= 15 is 0 Å². The Morgan fingerprint density at radius 2 is 1.76 bits per heavy atom. The van der Waals surface area contributed by atoms with Crippen LogP contribution in [0.1, 0.15) is 12.0 Å². The average molecular weight is 348 g/mol. The summed E-state index contributed by atoms with van der Waals surface area (Å²) >= 11 is 0. The van der Waals surface area contributed by atoms with Crippen LogP contribution in [0.15, 0.2) is 42.5 Å². The third kappa shape index (κ3) is 5.00. The van der Waals surface area contributed by atoms with Crippen LogP contribution in [0.2, 0.25) is 0 Å². The van der Waals surface area contributed by atoms with E-state index in [9.17, 15) is 18.4 Å². The zero-order valence-corrected chi connectivity index (χ0v) is 13.9. The SMILES string of the molecule is COC(=O)N(C)c1ccc(NC(=O)CCc2ccc(F)c(F)c2)cc1. The first kappa shape index (κ1) is 18.4. The highest BCUT2D eigenvalue weighted by molar-refractivity contribution is 5.92. The highest BCUT2D eigenvalue weighted by Gasteiger charge is 2.11. The van der Waals surface area contributed by atoms with Crippen molar-refractivity contribution < 1.29 is 23.1 Å². The number of hydrogen-bond donors (Lipinski definition) is 1. The highest BCUT2D eigenvalue weighted by atomic mass is 19.2. The molecule has 132 valence electrons. The topological polar surface area (TPSA) is 58.6 Å². The van der Waals surface area contributed by atoms with Gasteiger partial charge in [-0.2, -0.15) is 0 Å². The lowest BCUT2D eigenvalue weighted by Gasteiger charge is -2.16. The number of rotatable bonds is 5. The maximum Gasteiger partial charge on any atom is 0.413 e. The molecule has 5 nitrogen and oxygen atoms in total. The van der Waals surface area contributed by atoms with Crippen LogP contribution in [0, 0.1) is 11.6 Å². The lowest BCUT2D eigenvalue weighted by atomic mass is 10.1. The van der Waals surface area contributed by atoms with Crippen LogP contribution in [0.25, 0.3) is 0 Å². The maximum absolute atomic E-state index is 13.1. The Bertz CT molecular complexity index is 763. The van der Waals surface area contributed by atoms with Gasteiger partial charge < -0.3 is 10.1 Å². The molecule has 0 saturated carbocycles. The van der Waals surface area contributed by atoms with Gasteiger partial charge in [0.05, 0.1) is 7.11 Å². The molecule has 0 radical (unpaired) electrons. The number of nitrogens with one attached hydrogen (secondary N) is 1. The third-order valence-corrected chi connectivity index (χ3v) is 3.61. The Labute approximate surface area is 144 Å². The molecular weight excluding hydrogens is 330 g/mol. The molecule has 0 atom stereocenters. The van der Waals surface area contributed by atoms with Crippen molar-refractivity contribution in [2.24, 2.45) is 0 Å². The molecular formula is C18H18F2N2O3. The van der Waals surface area contributed by atoms with E-state index in [0.717, 1.165) is 12.1 Å². The predicted octanol–water partition coefficient (Wildman–Crippen LogP) is 3.74. The monoisotopic (exact) mass is 348 g/mol. The zero-order chi connectivity index (χ0) is 18.4. The minimum atomic E-state index is -0.928. The second-order valence-corrected chi connectivity index (χ2v) is 5.37. The summed E-state index contributed by atoms with van der Waals surface area (Å²) in [6, 6.07) is 10.2. The normalized spacial score (nSPS) is 10.2. The molecule has 2 rings (SSSR count). The molecule has 0 spiro atoms. The number of aryl methyl sites for hydroxylation is 1. The zero-order valence-electron chi connectivity index (χ0n) is 13.9. The van der Waals surface area contributed by atoms with E-state index < -0.39 is 17.7 Å². The van der Waals surface area contributed by atoms with Crippen LogP contribution in [0.5, 0.6) is 0 Å². The molecule has 0 unspecified atom stereocenters. The molecule has 2 amide bonds. The molecule has 2 aromatic carbocycles. The largest absolute Gasteiger partial charge is 0.452 e. The molecule has 0 aliphatic heterocycles. The summed E-state index contributed by atoms with van der Waals surface area (Å²) in [7, 11) is 2.86. The fraction of sp³-hybridized carbons (Fsp3) is 0.222. The average Bonchev–Trinajstić information content (AvgIpc) is 2.62. The van der Waals surface area contributed by atoms with Crippen molar-refractivity contribution in [2.75, 3.05) is 24.4 Å². The first-order chi connectivity index (χ1) is 11.9. The van der Waals surface area contributed by atoms with Gasteiger partial charge in [-0.05, 0) is 48.4 Å². The molecule has 2 aromatic rings. The van der Waals surface area contributed by atoms with Crippen LogP contribution in [-0.2, 0) is 16.0 Å². The van der Waals surface area contributed by atoms with Gasteiger partial charge in [-0.15, -0.1) is 0 Å². The van der Waals surface area contributed by atoms with E-state index in [1.165, 1.54) is 18.1 Å². The molecule has 25 heavy (non-hydrogen) atoms. The number of anilines is 2. The van der Waals surface area contributed by atoms with Crippen molar-refractivity contribution in [3.63, 3.8) is 0 Å². The van der Waals surface area contributed by atoms with Crippen LogP contribution in [0.4, 0.5) is 25.0 Å². The molecule has 1 N–H and O–H groups in total. The number of amides is 2. The molecule has 0 heterocycles. The van der Waals surface area contributed by atoms with Gasteiger partial charge in [0.1, 0.15) is 0 Å². The van der Waals surface area contributed by atoms with E-state index in [1.807, 2.05) is 0 Å². The van der Waals surface area contributed by atoms with Gasteiger partial charge in [-0.3, -0.25) is 9.69 Å². The Morgan fingerprint density at radius 3 is 2.36 bits per heavy atom. The van der Waals surface area contributed by atoms with Gasteiger partial charge >= 0.3 is 6.09 Å². The van der Waals surface area contributed by atoms with Crippen LogP contribution >= 0.6 is 0 Å². The smallest absolute Gasteiger partial charge is 0.413 e. The number of methoxy groups -OCH3 is 1. The second kappa shape index (κ2) is 8.23. The molecule has 0 bridgehead atoms. The summed E-state index contributed by atoms with van der Waals surface area (Å²) in [4.78, 5) is 24.7. The molecule has 0 aliphatic carbocycles. The van der Waals surface area contributed by atoms with Crippen molar-refractivity contribution in [3.05, 3.63) is 59.7 Å². The van der Waals surface area contributed by atoms with Gasteiger partial charge in [0.2, 0.25) is 5.91 Å². The summed E-state index contributed by atoms with van der Waals surface area (Å²) in [5.41, 5.74) is 1.73. The molecule has 0 fully saturated rings. The van der Waals surface area contributed by atoms with Gasteiger partial charge in [-0.25, -0.2) is 13.6 Å². The summed E-state index contributed by atoms with van der Waals surface area (Å²) in [6.45, 7) is 0. The quantitative estimate of drug-likeness (QED) is 0.895. The Hall–Kier alpha value is -2.96. The van der Waals surface area contributed by atoms with Crippen LogP contribution in [-0.4, -0.2) is 26.2 Å². The maximum atomic E-state index is 13.1. The third-order valence-electron chi connectivity index (χ3n) is 3.61. The van der Waals surface area contributed by atoms with E-state index in [1.54, 1.807) is 31.3 Å². The van der Waals surface area contributed by atoms with Gasteiger partial charge in [0, 0.05) is 24.8 Å². The number of ether oxygens (including phenoxy) is 1. The van der Waals surface area contributed by atoms with Gasteiger partial charge in [-0.1, -0.05) is 6.07 Å². The summed E-state index contributed by atoms with van der Waals surface area (Å²) in [5, 5.41) is 2.71. The number of nitrogens with zero attached hydrogens (tertiary/aromatic N) is 1. The molecule has 0 aliphatic rings. The lowest BCUT2D eigenvalue weighted by Crippen LogP contribution is -2.25. The van der Waals surface area contributed by atoms with Crippen LogP contribution in [0.3, 0.4) is 0 Å². The lowest BCUT2D eigenvalue weighted by molar-refractivity contribution is -0.116. The summed E-state index contributed by atoms with van der Waals surface area (Å²) < 4.78 is 30.6. The molecule has 0 aromatic heterocycles. The Morgan fingerprint density at radius 1 is 1.08 bits per heavy atom. The van der Waals surface area contributed by atoms with Gasteiger partial charge in [0.25, 0.3) is 0 Å².